The number of benzene rings is 2. The average molecular weight is 351 g/mol. The van der Waals surface area contributed by atoms with Gasteiger partial charge in [0, 0.05) is 50.4 Å². The van der Waals surface area contributed by atoms with Crippen LogP contribution in [0.1, 0.15) is 16.8 Å². The van der Waals surface area contributed by atoms with E-state index in [9.17, 15) is 9.59 Å². The fourth-order valence-corrected chi connectivity index (χ4v) is 3.12. The number of anilines is 1. The number of hydrogen-bond acceptors (Lipinski definition) is 4. The van der Waals surface area contributed by atoms with E-state index in [0.29, 0.717) is 12.0 Å². The highest BCUT2D eigenvalue weighted by Crippen LogP contribution is 2.15. The number of carbonyl (C=O) groups is 2. The van der Waals surface area contributed by atoms with Crippen LogP contribution in [0.3, 0.4) is 0 Å². The third kappa shape index (κ3) is 5.17. The standard InChI is InChI=1S/C21H25N3O2/c25-20(18-7-3-1-4-8-18)17-22-21(26)11-12-23-13-15-24(16-14-23)19-9-5-2-6-10-19/h1-10H,11-17H2,(H,22,26). The van der Waals surface area contributed by atoms with E-state index in [1.54, 1.807) is 12.1 Å². The summed E-state index contributed by atoms with van der Waals surface area (Å²) in [6.45, 7) is 4.63. The molecule has 0 bridgehead atoms. The van der Waals surface area contributed by atoms with E-state index in [4.69, 9.17) is 0 Å². The Hall–Kier alpha value is -2.66. The van der Waals surface area contributed by atoms with Crippen molar-refractivity contribution in [3.63, 3.8) is 0 Å². The van der Waals surface area contributed by atoms with Crippen LogP contribution in [0.5, 0.6) is 0 Å². The number of para-hydroxylation sites is 1. The van der Waals surface area contributed by atoms with Gasteiger partial charge in [-0.1, -0.05) is 48.5 Å². The molecule has 1 fully saturated rings. The Bertz CT molecular complexity index is 711. The number of amides is 1. The van der Waals surface area contributed by atoms with Gasteiger partial charge in [-0.05, 0) is 12.1 Å². The van der Waals surface area contributed by atoms with Crippen molar-refractivity contribution in [1.82, 2.24) is 10.2 Å². The van der Waals surface area contributed by atoms with E-state index in [0.717, 1.165) is 32.7 Å². The molecule has 3 rings (SSSR count). The Morgan fingerprint density at radius 1 is 0.846 bits per heavy atom. The molecular weight excluding hydrogens is 326 g/mol. The molecule has 0 radical (unpaired) electrons. The Morgan fingerprint density at radius 3 is 2.12 bits per heavy atom. The second-order valence-electron chi connectivity index (χ2n) is 6.48. The molecule has 1 saturated heterocycles. The van der Waals surface area contributed by atoms with Crippen molar-refractivity contribution in [2.24, 2.45) is 0 Å². The Balaban J connectivity index is 1.35. The number of nitrogens with zero attached hydrogens (tertiary/aromatic N) is 2. The second kappa shape index (κ2) is 9.15. The van der Waals surface area contributed by atoms with Crippen molar-refractivity contribution in [2.75, 3.05) is 44.2 Å². The zero-order chi connectivity index (χ0) is 18.2. The van der Waals surface area contributed by atoms with Crippen molar-refractivity contribution in [3.05, 3.63) is 66.2 Å². The first-order valence-electron chi connectivity index (χ1n) is 9.10. The normalized spacial score (nSPS) is 14.8. The van der Waals surface area contributed by atoms with Crippen LogP contribution >= 0.6 is 0 Å². The van der Waals surface area contributed by atoms with Gasteiger partial charge in [-0.15, -0.1) is 0 Å². The number of rotatable bonds is 7. The van der Waals surface area contributed by atoms with Crippen LogP contribution in [0.25, 0.3) is 0 Å². The molecule has 136 valence electrons. The average Bonchev–Trinajstić information content (AvgIpc) is 2.72. The van der Waals surface area contributed by atoms with Crippen molar-refractivity contribution < 1.29 is 9.59 Å². The van der Waals surface area contributed by atoms with Gasteiger partial charge in [0.2, 0.25) is 5.91 Å². The lowest BCUT2D eigenvalue weighted by Gasteiger charge is -2.36. The summed E-state index contributed by atoms with van der Waals surface area (Å²) in [5, 5.41) is 2.73. The minimum atomic E-state index is -0.0697. The molecular formula is C21H25N3O2. The highest BCUT2D eigenvalue weighted by Gasteiger charge is 2.17. The van der Waals surface area contributed by atoms with E-state index in [1.165, 1.54) is 5.69 Å². The Labute approximate surface area is 154 Å². The lowest BCUT2D eigenvalue weighted by molar-refractivity contribution is -0.121. The lowest BCUT2D eigenvalue weighted by Crippen LogP contribution is -2.47. The summed E-state index contributed by atoms with van der Waals surface area (Å²) >= 11 is 0. The van der Waals surface area contributed by atoms with E-state index < -0.39 is 0 Å². The van der Waals surface area contributed by atoms with Crippen molar-refractivity contribution in [1.29, 1.82) is 0 Å². The first-order valence-corrected chi connectivity index (χ1v) is 9.10. The van der Waals surface area contributed by atoms with Crippen LogP contribution in [0.4, 0.5) is 5.69 Å². The number of carbonyl (C=O) groups excluding carboxylic acids is 2. The number of hydrogen-bond donors (Lipinski definition) is 1. The molecule has 26 heavy (non-hydrogen) atoms. The van der Waals surface area contributed by atoms with Crippen LogP contribution in [0.2, 0.25) is 0 Å². The summed E-state index contributed by atoms with van der Waals surface area (Å²) in [5.41, 5.74) is 1.88. The molecule has 1 aliphatic heterocycles. The SMILES string of the molecule is O=C(CCN1CCN(c2ccccc2)CC1)NCC(=O)c1ccccc1. The third-order valence-corrected chi connectivity index (χ3v) is 4.69. The monoisotopic (exact) mass is 351 g/mol. The molecule has 1 N–H and O–H groups in total. The molecule has 0 spiro atoms. The van der Waals surface area contributed by atoms with Crippen LogP contribution in [0, 0.1) is 0 Å². The van der Waals surface area contributed by atoms with Crippen LogP contribution < -0.4 is 10.2 Å². The third-order valence-electron chi connectivity index (χ3n) is 4.69. The van der Waals surface area contributed by atoms with Gasteiger partial charge >= 0.3 is 0 Å². The first kappa shape index (κ1) is 18.1. The molecule has 2 aromatic rings. The zero-order valence-corrected chi connectivity index (χ0v) is 14.9. The topological polar surface area (TPSA) is 52.7 Å². The van der Waals surface area contributed by atoms with Crippen molar-refractivity contribution >= 4 is 17.4 Å². The maximum absolute atomic E-state index is 12.0. The van der Waals surface area contributed by atoms with Gasteiger partial charge in [0.1, 0.15) is 0 Å². The van der Waals surface area contributed by atoms with Gasteiger partial charge in [0.05, 0.1) is 6.54 Å². The van der Waals surface area contributed by atoms with Gasteiger partial charge in [-0.3, -0.25) is 14.5 Å². The molecule has 1 amide bonds. The van der Waals surface area contributed by atoms with Crippen molar-refractivity contribution in [2.45, 2.75) is 6.42 Å². The summed E-state index contributed by atoms with van der Waals surface area (Å²) in [5.74, 6) is -0.129. The second-order valence-corrected chi connectivity index (χ2v) is 6.48. The van der Waals surface area contributed by atoms with Crippen molar-refractivity contribution in [3.8, 4) is 0 Å². The smallest absolute Gasteiger partial charge is 0.221 e. The van der Waals surface area contributed by atoms with E-state index in [2.05, 4.69) is 39.4 Å². The predicted molar refractivity (Wildman–Crippen MR) is 103 cm³/mol. The largest absolute Gasteiger partial charge is 0.369 e. The fourth-order valence-electron chi connectivity index (χ4n) is 3.12. The van der Waals surface area contributed by atoms with Crippen LogP contribution in [-0.2, 0) is 4.79 Å². The number of Topliss-reactive ketones (excluding diaryl/α,β-unsaturated/α-hetero) is 1. The molecule has 5 nitrogen and oxygen atoms in total. The number of piperazine rings is 1. The maximum Gasteiger partial charge on any atom is 0.221 e. The first-order chi connectivity index (χ1) is 12.7. The van der Waals surface area contributed by atoms with Gasteiger partial charge in [0.25, 0.3) is 0 Å². The Kier molecular flexibility index (Phi) is 6.39. The molecule has 2 aromatic carbocycles. The van der Waals surface area contributed by atoms with Gasteiger partial charge in [-0.25, -0.2) is 0 Å². The quantitative estimate of drug-likeness (QED) is 0.777. The highest BCUT2D eigenvalue weighted by atomic mass is 16.2. The number of ketones is 1. The van der Waals surface area contributed by atoms with Crippen LogP contribution in [-0.4, -0.2) is 55.9 Å². The summed E-state index contributed by atoms with van der Waals surface area (Å²) < 4.78 is 0. The Morgan fingerprint density at radius 2 is 1.46 bits per heavy atom. The van der Waals surface area contributed by atoms with Gasteiger partial charge in [-0.2, -0.15) is 0 Å². The molecule has 1 aliphatic rings. The van der Waals surface area contributed by atoms with Gasteiger partial charge < -0.3 is 10.2 Å². The summed E-state index contributed by atoms with van der Waals surface area (Å²) in [4.78, 5) is 28.7. The summed E-state index contributed by atoms with van der Waals surface area (Å²) in [6, 6.07) is 19.5. The summed E-state index contributed by atoms with van der Waals surface area (Å²) in [6.07, 6.45) is 0.424. The fraction of sp³-hybridized carbons (Fsp3) is 0.333. The van der Waals surface area contributed by atoms with Gasteiger partial charge in [0.15, 0.2) is 5.78 Å². The molecule has 0 saturated carbocycles. The highest BCUT2D eigenvalue weighted by molar-refractivity contribution is 5.99. The molecule has 0 unspecified atom stereocenters. The summed E-state index contributed by atoms with van der Waals surface area (Å²) in [7, 11) is 0. The molecule has 0 aromatic heterocycles. The van der Waals surface area contributed by atoms with E-state index in [1.807, 2.05) is 24.3 Å². The minimum absolute atomic E-state index is 0.0598. The van der Waals surface area contributed by atoms with E-state index in [-0.39, 0.29) is 18.2 Å². The lowest BCUT2D eigenvalue weighted by atomic mass is 10.1. The van der Waals surface area contributed by atoms with E-state index >= 15 is 0 Å². The zero-order valence-electron chi connectivity index (χ0n) is 14.9. The maximum atomic E-state index is 12.0. The molecule has 0 aliphatic carbocycles. The molecule has 5 heteroatoms. The van der Waals surface area contributed by atoms with Crippen LogP contribution in [0.15, 0.2) is 60.7 Å². The predicted octanol–water partition coefficient (Wildman–Crippen LogP) is 2.20. The molecule has 1 heterocycles. The molecule has 0 atom stereocenters. The number of nitrogens with one attached hydrogen (secondary N) is 1. The minimum Gasteiger partial charge on any atom is -0.369 e.